The maximum Gasteiger partial charge on any atom is 0.0462 e. The highest BCUT2D eigenvalue weighted by Crippen LogP contribution is 2.33. The zero-order valence-electron chi connectivity index (χ0n) is 9.01. The third kappa shape index (κ3) is 6.05. The predicted molar refractivity (Wildman–Crippen MR) is 55.9 cm³/mol. The molecule has 1 saturated carbocycles. The third-order valence-corrected chi connectivity index (χ3v) is 2.65. The van der Waals surface area contributed by atoms with Crippen molar-refractivity contribution in [1.29, 1.82) is 0 Å². The van der Waals surface area contributed by atoms with Gasteiger partial charge in [0.1, 0.15) is 0 Å². The van der Waals surface area contributed by atoms with Gasteiger partial charge in [-0.2, -0.15) is 0 Å². The van der Waals surface area contributed by atoms with E-state index in [1.54, 1.807) is 7.11 Å². The normalized spacial score (nSPS) is 18.9. The molecule has 2 nitrogen and oxygen atoms in total. The van der Waals surface area contributed by atoms with Gasteiger partial charge < -0.3 is 10.1 Å². The summed E-state index contributed by atoms with van der Waals surface area (Å²) in [5, 5.41) is 3.56. The van der Waals surface area contributed by atoms with Crippen molar-refractivity contribution in [2.24, 2.45) is 5.92 Å². The number of nitrogens with one attached hydrogen (secondary N) is 1. The Morgan fingerprint density at radius 1 is 1.38 bits per heavy atom. The quantitative estimate of drug-likeness (QED) is 0.585. The van der Waals surface area contributed by atoms with Crippen LogP contribution in [-0.4, -0.2) is 26.3 Å². The van der Waals surface area contributed by atoms with Gasteiger partial charge in [-0.05, 0) is 38.6 Å². The first-order valence-electron chi connectivity index (χ1n) is 5.55. The second kappa shape index (κ2) is 6.39. The molecule has 1 N–H and O–H groups in total. The fourth-order valence-electron chi connectivity index (χ4n) is 1.66. The highest BCUT2D eigenvalue weighted by Gasteiger charge is 2.22. The maximum absolute atomic E-state index is 5.00. The molecule has 0 aromatic heterocycles. The minimum atomic E-state index is 0.718. The minimum absolute atomic E-state index is 0.718. The molecule has 0 radical (unpaired) electrons. The van der Waals surface area contributed by atoms with Crippen molar-refractivity contribution in [3.8, 4) is 0 Å². The van der Waals surface area contributed by atoms with Crippen LogP contribution in [0, 0.1) is 5.92 Å². The van der Waals surface area contributed by atoms with Crippen molar-refractivity contribution in [2.75, 3.05) is 20.3 Å². The summed E-state index contributed by atoms with van der Waals surface area (Å²) < 4.78 is 5.00. The van der Waals surface area contributed by atoms with E-state index in [9.17, 15) is 0 Å². The van der Waals surface area contributed by atoms with Gasteiger partial charge in [-0.3, -0.25) is 0 Å². The van der Waals surface area contributed by atoms with Gasteiger partial charge in [0, 0.05) is 19.8 Å². The second-order valence-electron chi connectivity index (χ2n) is 4.23. The SMILES string of the molecule is COCCCCNC(C)CC1CC1. The lowest BCUT2D eigenvalue weighted by molar-refractivity contribution is 0.192. The monoisotopic (exact) mass is 185 g/mol. The largest absolute Gasteiger partial charge is 0.385 e. The molecule has 0 heterocycles. The van der Waals surface area contributed by atoms with Crippen LogP contribution >= 0.6 is 0 Å². The standard InChI is InChI=1S/C11H23NO/c1-10(9-11-5-6-11)12-7-3-4-8-13-2/h10-12H,3-9H2,1-2H3. The molecule has 0 aliphatic heterocycles. The van der Waals surface area contributed by atoms with Crippen LogP contribution < -0.4 is 5.32 Å². The van der Waals surface area contributed by atoms with E-state index in [1.165, 1.54) is 32.1 Å². The Labute approximate surface area is 82.0 Å². The van der Waals surface area contributed by atoms with Crippen LogP contribution in [0.5, 0.6) is 0 Å². The lowest BCUT2D eigenvalue weighted by atomic mass is 10.1. The molecule has 0 amide bonds. The lowest BCUT2D eigenvalue weighted by Crippen LogP contribution is -2.27. The van der Waals surface area contributed by atoms with Crippen molar-refractivity contribution >= 4 is 0 Å². The van der Waals surface area contributed by atoms with Crippen LogP contribution in [0.15, 0.2) is 0 Å². The molecule has 78 valence electrons. The minimum Gasteiger partial charge on any atom is -0.385 e. The summed E-state index contributed by atoms with van der Waals surface area (Å²) in [5.74, 6) is 1.04. The van der Waals surface area contributed by atoms with Crippen molar-refractivity contribution in [1.82, 2.24) is 5.32 Å². The summed E-state index contributed by atoms with van der Waals surface area (Å²) in [6.45, 7) is 4.35. The molecule has 0 saturated heterocycles. The van der Waals surface area contributed by atoms with Gasteiger partial charge in [0.05, 0.1) is 0 Å². The maximum atomic E-state index is 5.00. The van der Waals surface area contributed by atoms with E-state index in [0.717, 1.165) is 25.1 Å². The Morgan fingerprint density at radius 2 is 2.15 bits per heavy atom. The molecular weight excluding hydrogens is 162 g/mol. The summed E-state index contributed by atoms with van der Waals surface area (Å²) >= 11 is 0. The third-order valence-electron chi connectivity index (χ3n) is 2.65. The topological polar surface area (TPSA) is 21.3 Å². The van der Waals surface area contributed by atoms with Crippen LogP contribution in [0.1, 0.15) is 39.0 Å². The van der Waals surface area contributed by atoms with Crippen molar-refractivity contribution < 1.29 is 4.74 Å². The van der Waals surface area contributed by atoms with Gasteiger partial charge in [0.15, 0.2) is 0 Å². The molecule has 1 unspecified atom stereocenters. The summed E-state index contributed by atoms with van der Waals surface area (Å²) in [4.78, 5) is 0. The van der Waals surface area contributed by atoms with E-state index in [2.05, 4.69) is 12.2 Å². The molecule has 0 bridgehead atoms. The van der Waals surface area contributed by atoms with Gasteiger partial charge in [0.25, 0.3) is 0 Å². The number of hydrogen-bond donors (Lipinski definition) is 1. The van der Waals surface area contributed by atoms with E-state index in [-0.39, 0.29) is 0 Å². The second-order valence-corrected chi connectivity index (χ2v) is 4.23. The molecule has 2 heteroatoms. The molecule has 0 aromatic rings. The number of ether oxygens (including phenoxy) is 1. The van der Waals surface area contributed by atoms with Gasteiger partial charge in [0.2, 0.25) is 0 Å². The lowest BCUT2D eigenvalue weighted by Gasteiger charge is -2.12. The Morgan fingerprint density at radius 3 is 2.77 bits per heavy atom. The molecule has 1 fully saturated rings. The van der Waals surface area contributed by atoms with Gasteiger partial charge >= 0.3 is 0 Å². The van der Waals surface area contributed by atoms with E-state index < -0.39 is 0 Å². The van der Waals surface area contributed by atoms with Crippen LogP contribution in [0.25, 0.3) is 0 Å². The van der Waals surface area contributed by atoms with Gasteiger partial charge in [-0.1, -0.05) is 12.8 Å². The zero-order valence-corrected chi connectivity index (χ0v) is 9.01. The van der Waals surface area contributed by atoms with Crippen LogP contribution in [0.3, 0.4) is 0 Å². The van der Waals surface area contributed by atoms with E-state index >= 15 is 0 Å². The number of methoxy groups -OCH3 is 1. The number of rotatable bonds is 8. The average Bonchev–Trinajstić information content (AvgIpc) is 2.88. The highest BCUT2D eigenvalue weighted by molar-refractivity contribution is 4.77. The van der Waals surface area contributed by atoms with E-state index in [4.69, 9.17) is 4.74 Å². The molecule has 13 heavy (non-hydrogen) atoms. The first-order valence-corrected chi connectivity index (χ1v) is 5.55. The molecule has 1 rings (SSSR count). The summed E-state index contributed by atoms with van der Waals surface area (Å²) in [6.07, 6.45) is 6.73. The van der Waals surface area contributed by atoms with Crippen LogP contribution in [0.4, 0.5) is 0 Å². The number of hydrogen-bond acceptors (Lipinski definition) is 2. The molecule has 1 atom stereocenters. The molecule has 1 aliphatic carbocycles. The summed E-state index contributed by atoms with van der Waals surface area (Å²) in [5.41, 5.74) is 0. The van der Waals surface area contributed by atoms with Gasteiger partial charge in [-0.15, -0.1) is 0 Å². The molecule has 0 spiro atoms. The first kappa shape index (κ1) is 11.0. The van der Waals surface area contributed by atoms with Crippen molar-refractivity contribution in [2.45, 2.75) is 45.1 Å². The highest BCUT2D eigenvalue weighted by atomic mass is 16.5. The van der Waals surface area contributed by atoms with Gasteiger partial charge in [-0.25, -0.2) is 0 Å². The first-order chi connectivity index (χ1) is 6.33. The van der Waals surface area contributed by atoms with Crippen molar-refractivity contribution in [3.05, 3.63) is 0 Å². The Kier molecular flexibility index (Phi) is 5.40. The Hall–Kier alpha value is -0.0800. The smallest absolute Gasteiger partial charge is 0.0462 e. The molecule has 1 aliphatic rings. The molecule has 0 aromatic carbocycles. The van der Waals surface area contributed by atoms with E-state index in [1.807, 2.05) is 0 Å². The molecular formula is C11H23NO. The van der Waals surface area contributed by atoms with Crippen LogP contribution in [0.2, 0.25) is 0 Å². The average molecular weight is 185 g/mol. The van der Waals surface area contributed by atoms with E-state index in [0.29, 0.717) is 0 Å². The van der Waals surface area contributed by atoms with Crippen LogP contribution in [-0.2, 0) is 4.74 Å². The summed E-state index contributed by atoms with van der Waals surface area (Å²) in [6, 6.07) is 0.718. The fourth-order valence-corrected chi connectivity index (χ4v) is 1.66. The summed E-state index contributed by atoms with van der Waals surface area (Å²) in [7, 11) is 1.77. The fraction of sp³-hybridized carbons (Fsp3) is 1.00. The Balaban J connectivity index is 1.80. The zero-order chi connectivity index (χ0) is 9.52. The predicted octanol–water partition coefficient (Wildman–Crippen LogP) is 2.19. The van der Waals surface area contributed by atoms with Crippen molar-refractivity contribution in [3.63, 3.8) is 0 Å². The Bertz CT molecular complexity index is 123. The number of unbranched alkanes of at least 4 members (excludes halogenated alkanes) is 1.